The van der Waals surface area contributed by atoms with Crippen LogP contribution in [-0.2, 0) is 6.42 Å². The lowest BCUT2D eigenvalue weighted by Crippen LogP contribution is -2.30. The molecule has 0 aliphatic carbocycles. The Balaban J connectivity index is 2.24. The third-order valence-electron chi connectivity index (χ3n) is 3.16. The summed E-state index contributed by atoms with van der Waals surface area (Å²) < 4.78 is 1.16. The van der Waals surface area contributed by atoms with E-state index < -0.39 is 0 Å². The molecule has 3 heteroatoms. The quantitative estimate of drug-likeness (QED) is 0.924. The number of anilines is 1. The van der Waals surface area contributed by atoms with Gasteiger partial charge in [-0.25, -0.2) is 0 Å². The molecule has 16 heavy (non-hydrogen) atoms. The minimum absolute atomic E-state index is 0.725. The fraction of sp³-hybridized carbons (Fsp3) is 0.538. The van der Waals surface area contributed by atoms with Gasteiger partial charge < -0.3 is 10.6 Å². The van der Waals surface area contributed by atoms with Crippen molar-refractivity contribution < 1.29 is 0 Å². The lowest BCUT2D eigenvalue weighted by molar-refractivity contribution is 0.576. The smallest absolute Gasteiger partial charge is 0.0410 e. The first-order valence-corrected chi connectivity index (χ1v) is 6.84. The molecule has 0 amide bonds. The second-order valence-electron chi connectivity index (χ2n) is 4.36. The second kappa shape index (κ2) is 5.69. The van der Waals surface area contributed by atoms with Gasteiger partial charge in [-0.15, -0.1) is 0 Å². The number of nitrogens with two attached hydrogens (primary N) is 1. The number of halogens is 1. The highest BCUT2D eigenvalue weighted by Gasteiger charge is 2.14. The molecule has 1 aromatic carbocycles. The van der Waals surface area contributed by atoms with Crippen molar-refractivity contribution in [1.82, 2.24) is 0 Å². The number of rotatable bonds is 3. The van der Waals surface area contributed by atoms with E-state index in [0.717, 1.165) is 17.4 Å². The van der Waals surface area contributed by atoms with E-state index in [-0.39, 0.29) is 0 Å². The van der Waals surface area contributed by atoms with Crippen molar-refractivity contribution in [2.75, 3.05) is 24.5 Å². The summed E-state index contributed by atoms with van der Waals surface area (Å²) in [6.07, 6.45) is 4.97. The first-order chi connectivity index (χ1) is 7.81. The van der Waals surface area contributed by atoms with Crippen molar-refractivity contribution in [1.29, 1.82) is 0 Å². The summed E-state index contributed by atoms with van der Waals surface area (Å²) >= 11 is 3.56. The van der Waals surface area contributed by atoms with Gasteiger partial charge in [0, 0.05) is 23.2 Å². The van der Waals surface area contributed by atoms with Crippen LogP contribution in [0, 0.1) is 0 Å². The molecule has 0 unspecified atom stereocenters. The first kappa shape index (κ1) is 11.9. The predicted molar refractivity (Wildman–Crippen MR) is 73.0 cm³/mol. The van der Waals surface area contributed by atoms with E-state index in [1.165, 1.54) is 43.6 Å². The van der Waals surface area contributed by atoms with Crippen LogP contribution >= 0.6 is 15.9 Å². The van der Waals surface area contributed by atoms with Gasteiger partial charge in [0.25, 0.3) is 0 Å². The molecule has 1 saturated heterocycles. The van der Waals surface area contributed by atoms with Crippen molar-refractivity contribution in [2.45, 2.75) is 25.7 Å². The fourth-order valence-electron chi connectivity index (χ4n) is 2.33. The largest absolute Gasteiger partial charge is 0.371 e. The molecule has 0 radical (unpaired) electrons. The Morgan fingerprint density at radius 1 is 1.19 bits per heavy atom. The molecule has 1 aliphatic heterocycles. The molecule has 0 bridgehead atoms. The molecule has 1 aliphatic rings. The molecule has 1 heterocycles. The van der Waals surface area contributed by atoms with Crippen LogP contribution in [0.4, 0.5) is 5.69 Å². The molecule has 0 aromatic heterocycles. The molecule has 0 saturated carbocycles. The number of hydrogen-bond donors (Lipinski definition) is 1. The number of hydrogen-bond acceptors (Lipinski definition) is 2. The van der Waals surface area contributed by atoms with Gasteiger partial charge in [0.2, 0.25) is 0 Å². The van der Waals surface area contributed by atoms with Crippen LogP contribution in [0.1, 0.15) is 24.8 Å². The standard InChI is InChI=1S/C13H19BrN2/c14-12-5-4-11(6-7-15)13(10-12)16-8-2-1-3-9-16/h4-5,10H,1-3,6-9,15H2. The molecule has 2 N–H and O–H groups in total. The van der Waals surface area contributed by atoms with Crippen molar-refractivity contribution in [2.24, 2.45) is 5.73 Å². The maximum atomic E-state index is 5.67. The lowest BCUT2D eigenvalue weighted by Gasteiger charge is -2.30. The Bertz CT molecular complexity index is 346. The van der Waals surface area contributed by atoms with Crippen molar-refractivity contribution >= 4 is 21.6 Å². The van der Waals surface area contributed by atoms with Gasteiger partial charge in [0.1, 0.15) is 0 Å². The van der Waals surface area contributed by atoms with Crippen LogP contribution in [0.2, 0.25) is 0 Å². The maximum Gasteiger partial charge on any atom is 0.0410 e. The lowest BCUT2D eigenvalue weighted by atomic mass is 10.1. The Morgan fingerprint density at radius 2 is 1.94 bits per heavy atom. The van der Waals surface area contributed by atoms with Gasteiger partial charge >= 0.3 is 0 Å². The zero-order valence-corrected chi connectivity index (χ0v) is 11.2. The van der Waals surface area contributed by atoms with Crippen LogP contribution in [0.3, 0.4) is 0 Å². The zero-order chi connectivity index (χ0) is 11.4. The highest BCUT2D eigenvalue weighted by molar-refractivity contribution is 9.10. The van der Waals surface area contributed by atoms with E-state index in [0.29, 0.717) is 0 Å². The van der Waals surface area contributed by atoms with Gasteiger partial charge in [-0.1, -0.05) is 22.0 Å². The normalized spacial score (nSPS) is 16.5. The summed E-state index contributed by atoms with van der Waals surface area (Å²) in [7, 11) is 0. The number of nitrogens with zero attached hydrogens (tertiary/aromatic N) is 1. The fourth-order valence-corrected chi connectivity index (χ4v) is 2.68. The van der Waals surface area contributed by atoms with E-state index in [4.69, 9.17) is 5.73 Å². The van der Waals surface area contributed by atoms with Crippen molar-refractivity contribution in [3.05, 3.63) is 28.2 Å². The van der Waals surface area contributed by atoms with Gasteiger partial charge in [-0.3, -0.25) is 0 Å². The Kier molecular flexibility index (Phi) is 4.24. The summed E-state index contributed by atoms with van der Waals surface area (Å²) in [6, 6.07) is 6.54. The summed E-state index contributed by atoms with van der Waals surface area (Å²) in [5.74, 6) is 0. The van der Waals surface area contributed by atoms with Gasteiger partial charge in [0.05, 0.1) is 0 Å². The highest BCUT2D eigenvalue weighted by atomic mass is 79.9. The molecule has 88 valence electrons. The highest BCUT2D eigenvalue weighted by Crippen LogP contribution is 2.27. The summed E-state index contributed by atoms with van der Waals surface area (Å²) in [4.78, 5) is 2.50. The van der Waals surface area contributed by atoms with Crippen LogP contribution < -0.4 is 10.6 Å². The topological polar surface area (TPSA) is 29.3 Å². The average Bonchev–Trinajstić information content (AvgIpc) is 2.33. The average molecular weight is 283 g/mol. The Morgan fingerprint density at radius 3 is 2.62 bits per heavy atom. The zero-order valence-electron chi connectivity index (χ0n) is 9.58. The summed E-state index contributed by atoms with van der Waals surface area (Å²) in [5, 5.41) is 0. The minimum Gasteiger partial charge on any atom is -0.371 e. The van der Waals surface area contributed by atoms with Crippen molar-refractivity contribution in [3.8, 4) is 0 Å². The van der Waals surface area contributed by atoms with Crippen molar-refractivity contribution in [3.63, 3.8) is 0 Å². The van der Waals surface area contributed by atoms with E-state index in [1.807, 2.05) is 0 Å². The molecule has 1 aromatic rings. The summed E-state index contributed by atoms with van der Waals surface area (Å²) in [5.41, 5.74) is 8.42. The van der Waals surface area contributed by atoms with E-state index in [9.17, 15) is 0 Å². The molecule has 0 atom stereocenters. The number of benzene rings is 1. The summed E-state index contributed by atoms with van der Waals surface area (Å²) in [6.45, 7) is 3.10. The maximum absolute atomic E-state index is 5.67. The number of piperidine rings is 1. The molecular weight excluding hydrogens is 264 g/mol. The predicted octanol–water partition coefficient (Wildman–Crippen LogP) is 2.94. The molecule has 0 spiro atoms. The van der Waals surface area contributed by atoms with Crippen LogP contribution in [-0.4, -0.2) is 19.6 Å². The molecule has 1 fully saturated rings. The van der Waals surface area contributed by atoms with Gasteiger partial charge in [-0.2, -0.15) is 0 Å². The molecule has 2 rings (SSSR count). The minimum atomic E-state index is 0.725. The van der Waals surface area contributed by atoms with Gasteiger partial charge in [-0.05, 0) is 49.9 Å². The third-order valence-corrected chi connectivity index (χ3v) is 3.65. The second-order valence-corrected chi connectivity index (χ2v) is 5.28. The monoisotopic (exact) mass is 282 g/mol. The Hall–Kier alpha value is -0.540. The van der Waals surface area contributed by atoms with Crippen LogP contribution in [0.5, 0.6) is 0 Å². The van der Waals surface area contributed by atoms with E-state index in [1.54, 1.807) is 0 Å². The van der Waals surface area contributed by atoms with Gasteiger partial charge in [0.15, 0.2) is 0 Å². The van der Waals surface area contributed by atoms with E-state index in [2.05, 4.69) is 39.0 Å². The molecular formula is C13H19BrN2. The van der Waals surface area contributed by atoms with Crippen LogP contribution in [0.25, 0.3) is 0 Å². The third kappa shape index (κ3) is 2.77. The Labute approximate surface area is 106 Å². The molecule has 2 nitrogen and oxygen atoms in total. The SMILES string of the molecule is NCCc1ccc(Br)cc1N1CCCCC1. The van der Waals surface area contributed by atoms with Crippen LogP contribution in [0.15, 0.2) is 22.7 Å². The van der Waals surface area contributed by atoms with E-state index >= 15 is 0 Å². The first-order valence-electron chi connectivity index (χ1n) is 6.04.